The van der Waals surface area contributed by atoms with E-state index in [-0.39, 0.29) is 0 Å². The highest BCUT2D eigenvalue weighted by Crippen LogP contribution is 2.44. The molecule has 1 fully saturated rings. The van der Waals surface area contributed by atoms with Gasteiger partial charge in [0.2, 0.25) is 0 Å². The first kappa shape index (κ1) is 10.0. The minimum absolute atomic E-state index is 0.881. The zero-order valence-corrected chi connectivity index (χ0v) is 9.17. The molecule has 0 aromatic heterocycles. The molecule has 72 valence electrons. The Morgan fingerprint density at radius 2 is 1.92 bits per heavy atom. The van der Waals surface area contributed by atoms with Gasteiger partial charge in [-0.15, -0.1) is 0 Å². The van der Waals surface area contributed by atoms with Crippen LogP contribution in [0.3, 0.4) is 0 Å². The molecule has 4 unspecified atom stereocenters. The number of nitrogens with zero attached hydrogens (tertiary/aromatic N) is 1. The summed E-state index contributed by atoms with van der Waals surface area (Å²) in [5, 5.41) is 0. The van der Waals surface area contributed by atoms with Crippen LogP contribution in [0.1, 0.15) is 27.2 Å². The minimum atomic E-state index is 0.881. The van der Waals surface area contributed by atoms with Crippen molar-refractivity contribution in [2.24, 2.45) is 23.7 Å². The second kappa shape index (κ2) is 3.78. The molecule has 0 spiro atoms. The van der Waals surface area contributed by atoms with Gasteiger partial charge in [0.05, 0.1) is 0 Å². The van der Waals surface area contributed by atoms with Crippen LogP contribution in [-0.2, 0) is 0 Å². The molecule has 1 aliphatic carbocycles. The molecular weight excluding hydrogens is 146 g/mol. The summed E-state index contributed by atoms with van der Waals surface area (Å²) in [6.07, 6.45) is 1.45. The molecular formula is C11H23N. The summed E-state index contributed by atoms with van der Waals surface area (Å²) in [6.45, 7) is 8.43. The Bertz CT molecular complexity index is 142. The Labute approximate surface area is 77.1 Å². The highest BCUT2D eigenvalue weighted by molar-refractivity contribution is 4.87. The molecule has 1 nitrogen and oxygen atoms in total. The first-order chi connectivity index (χ1) is 5.52. The Hall–Kier alpha value is -0.0400. The lowest BCUT2D eigenvalue weighted by Gasteiger charge is -2.45. The quantitative estimate of drug-likeness (QED) is 0.627. The van der Waals surface area contributed by atoms with Crippen LogP contribution in [0.15, 0.2) is 0 Å². The monoisotopic (exact) mass is 169 g/mol. The van der Waals surface area contributed by atoms with Crippen LogP contribution in [-0.4, -0.2) is 25.5 Å². The largest absolute Gasteiger partial charge is 0.309 e. The van der Waals surface area contributed by atoms with E-state index in [0.29, 0.717) is 0 Å². The first-order valence-electron chi connectivity index (χ1n) is 5.17. The molecule has 4 atom stereocenters. The van der Waals surface area contributed by atoms with Gasteiger partial charge in [0.15, 0.2) is 0 Å². The van der Waals surface area contributed by atoms with Gasteiger partial charge in [-0.25, -0.2) is 0 Å². The molecule has 0 bridgehead atoms. The van der Waals surface area contributed by atoms with Crippen LogP contribution < -0.4 is 0 Å². The smallest absolute Gasteiger partial charge is 0.000367 e. The van der Waals surface area contributed by atoms with Crippen molar-refractivity contribution in [3.63, 3.8) is 0 Å². The molecule has 1 heteroatoms. The molecule has 0 aromatic carbocycles. The Morgan fingerprint density at radius 1 is 1.33 bits per heavy atom. The molecule has 1 aliphatic rings. The van der Waals surface area contributed by atoms with Crippen molar-refractivity contribution >= 4 is 0 Å². The van der Waals surface area contributed by atoms with E-state index in [9.17, 15) is 0 Å². The lowest BCUT2D eigenvalue weighted by molar-refractivity contribution is 0.0445. The minimum Gasteiger partial charge on any atom is -0.309 e. The highest BCUT2D eigenvalue weighted by Gasteiger charge is 2.37. The number of rotatable bonds is 3. The summed E-state index contributed by atoms with van der Waals surface area (Å²) in [5.74, 6) is 3.80. The fourth-order valence-electron chi connectivity index (χ4n) is 2.55. The summed E-state index contributed by atoms with van der Waals surface area (Å²) >= 11 is 0. The van der Waals surface area contributed by atoms with Gasteiger partial charge in [0, 0.05) is 6.54 Å². The third-order valence-corrected chi connectivity index (χ3v) is 3.60. The molecule has 1 rings (SSSR count). The maximum atomic E-state index is 2.41. The van der Waals surface area contributed by atoms with Crippen molar-refractivity contribution in [3.8, 4) is 0 Å². The van der Waals surface area contributed by atoms with Crippen LogP contribution in [0, 0.1) is 23.7 Å². The summed E-state index contributed by atoms with van der Waals surface area (Å²) in [6, 6.07) is 0. The van der Waals surface area contributed by atoms with Crippen LogP contribution in [0.25, 0.3) is 0 Å². The third kappa shape index (κ3) is 2.01. The zero-order valence-electron chi connectivity index (χ0n) is 9.17. The Morgan fingerprint density at radius 3 is 2.25 bits per heavy atom. The molecule has 0 N–H and O–H groups in total. The van der Waals surface area contributed by atoms with Crippen molar-refractivity contribution in [1.29, 1.82) is 0 Å². The fraction of sp³-hybridized carbons (Fsp3) is 1.00. The van der Waals surface area contributed by atoms with Gasteiger partial charge in [-0.3, -0.25) is 0 Å². The summed E-state index contributed by atoms with van der Waals surface area (Å²) in [4.78, 5) is 2.31. The van der Waals surface area contributed by atoms with E-state index < -0.39 is 0 Å². The van der Waals surface area contributed by atoms with Crippen LogP contribution in [0.2, 0.25) is 0 Å². The van der Waals surface area contributed by atoms with E-state index in [4.69, 9.17) is 0 Å². The van der Waals surface area contributed by atoms with E-state index in [2.05, 4.69) is 39.8 Å². The topological polar surface area (TPSA) is 3.24 Å². The van der Waals surface area contributed by atoms with Gasteiger partial charge in [-0.2, -0.15) is 0 Å². The van der Waals surface area contributed by atoms with Crippen molar-refractivity contribution in [1.82, 2.24) is 4.90 Å². The van der Waals surface area contributed by atoms with Crippen LogP contribution in [0.4, 0.5) is 0 Å². The van der Waals surface area contributed by atoms with Crippen LogP contribution in [0.5, 0.6) is 0 Å². The molecule has 0 saturated heterocycles. The number of hydrogen-bond donors (Lipinski definition) is 0. The molecule has 1 saturated carbocycles. The second-order valence-corrected chi connectivity index (χ2v) is 4.98. The molecule has 0 heterocycles. The molecule has 0 aliphatic heterocycles. The van der Waals surface area contributed by atoms with Gasteiger partial charge in [0.1, 0.15) is 0 Å². The fourth-order valence-corrected chi connectivity index (χ4v) is 2.55. The Balaban J connectivity index is 2.29. The molecule has 0 amide bonds. The number of hydrogen-bond acceptors (Lipinski definition) is 1. The SMILES string of the molecule is CC1CC(C(C)CN(C)C)C1C. The third-order valence-electron chi connectivity index (χ3n) is 3.60. The normalized spacial score (nSPS) is 38.0. The van der Waals surface area contributed by atoms with Gasteiger partial charge >= 0.3 is 0 Å². The maximum Gasteiger partial charge on any atom is 0.000367 e. The van der Waals surface area contributed by atoms with E-state index in [1.165, 1.54) is 13.0 Å². The molecule has 0 radical (unpaired) electrons. The first-order valence-corrected chi connectivity index (χ1v) is 5.17. The summed E-state index contributed by atoms with van der Waals surface area (Å²) in [7, 11) is 4.34. The maximum absolute atomic E-state index is 2.41. The predicted molar refractivity (Wildman–Crippen MR) is 54.2 cm³/mol. The van der Waals surface area contributed by atoms with Crippen molar-refractivity contribution in [2.75, 3.05) is 20.6 Å². The van der Waals surface area contributed by atoms with E-state index in [1.807, 2.05) is 0 Å². The average molecular weight is 169 g/mol. The van der Waals surface area contributed by atoms with Crippen molar-refractivity contribution < 1.29 is 0 Å². The van der Waals surface area contributed by atoms with Crippen LogP contribution >= 0.6 is 0 Å². The van der Waals surface area contributed by atoms with E-state index in [0.717, 1.165) is 23.7 Å². The zero-order chi connectivity index (χ0) is 9.30. The standard InChI is InChI=1S/C11H23N/c1-8-6-11(10(8)3)9(2)7-12(4)5/h8-11H,6-7H2,1-5H3. The average Bonchev–Trinajstić information content (AvgIpc) is 1.97. The summed E-state index contributed by atoms with van der Waals surface area (Å²) in [5.41, 5.74) is 0. The van der Waals surface area contributed by atoms with Gasteiger partial charge in [0.25, 0.3) is 0 Å². The van der Waals surface area contributed by atoms with Crippen molar-refractivity contribution in [2.45, 2.75) is 27.2 Å². The predicted octanol–water partition coefficient (Wildman–Crippen LogP) is 2.48. The van der Waals surface area contributed by atoms with Gasteiger partial charge in [-0.1, -0.05) is 20.8 Å². The van der Waals surface area contributed by atoms with Crippen molar-refractivity contribution in [3.05, 3.63) is 0 Å². The lowest BCUT2D eigenvalue weighted by atomic mass is 9.62. The van der Waals surface area contributed by atoms with Gasteiger partial charge in [-0.05, 0) is 44.2 Å². The molecule has 0 aromatic rings. The highest BCUT2D eigenvalue weighted by atomic mass is 15.1. The second-order valence-electron chi connectivity index (χ2n) is 4.98. The molecule has 12 heavy (non-hydrogen) atoms. The lowest BCUT2D eigenvalue weighted by Crippen LogP contribution is -2.40. The Kier molecular flexibility index (Phi) is 3.16. The van der Waals surface area contributed by atoms with E-state index >= 15 is 0 Å². The van der Waals surface area contributed by atoms with E-state index in [1.54, 1.807) is 0 Å². The summed E-state index contributed by atoms with van der Waals surface area (Å²) < 4.78 is 0. The van der Waals surface area contributed by atoms with Gasteiger partial charge < -0.3 is 4.90 Å².